The van der Waals surface area contributed by atoms with Crippen molar-refractivity contribution in [2.24, 2.45) is 0 Å². The molecule has 4 N–H and O–H groups in total. The van der Waals surface area contributed by atoms with Crippen LogP contribution in [0.15, 0.2) is 42.5 Å². The number of carbonyl (C=O) groups excluding carboxylic acids is 1. The second-order valence-electron chi connectivity index (χ2n) is 6.72. The van der Waals surface area contributed by atoms with Crippen LogP contribution in [0.4, 0.5) is 0 Å². The Hall–Kier alpha value is -3.47. The monoisotopic (exact) mass is 428 g/mol. The Balaban J connectivity index is 0.000000461. The number of aryl methyl sites for hydroxylation is 3. The summed E-state index contributed by atoms with van der Waals surface area (Å²) in [6.45, 7) is 8.51. The first-order valence-corrected chi connectivity index (χ1v) is 9.37. The maximum absolute atomic E-state index is 11.3. The molecule has 0 aromatic heterocycles. The van der Waals surface area contributed by atoms with Crippen LogP contribution in [0.2, 0.25) is 0 Å². The molecule has 0 saturated carbocycles. The third kappa shape index (κ3) is 11.3. The fourth-order valence-corrected chi connectivity index (χ4v) is 2.47. The van der Waals surface area contributed by atoms with E-state index in [-0.39, 0.29) is 0 Å². The summed E-state index contributed by atoms with van der Waals surface area (Å²) in [6, 6.07) is 11.9. The SMILES string of the molecule is CC(O)C#CC(C)O.Cc1cc(C)c(C(=O)C(=O)O)c(C)c1.O=C(O)c1ccccc1. The number of aromatic carboxylic acids is 1. The zero-order chi connectivity index (χ0) is 24.1. The van der Waals surface area contributed by atoms with Gasteiger partial charge in [0.05, 0.1) is 5.56 Å². The molecule has 0 fully saturated rings. The largest absolute Gasteiger partial charge is 0.478 e. The fraction of sp³-hybridized carbons (Fsp3) is 0.292. The highest BCUT2D eigenvalue weighted by atomic mass is 16.4. The maximum atomic E-state index is 11.3. The first-order chi connectivity index (χ1) is 14.4. The molecule has 0 aliphatic rings. The van der Waals surface area contributed by atoms with Crippen LogP contribution < -0.4 is 0 Å². The summed E-state index contributed by atoms with van der Waals surface area (Å²) in [5.74, 6) is 1.69. The molecule has 0 aliphatic carbocycles. The molecule has 166 valence electrons. The molecule has 2 rings (SSSR count). The molecule has 2 unspecified atom stereocenters. The van der Waals surface area contributed by atoms with E-state index in [9.17, 15) is 14.4 Å². The zero-order valence-electron chi connectivity index (χ0n) is 18.2. The van der Waals surface area contributed by atoms with Crippen LogP contribution in [-0.4, -0.2) is 50.4 Å². The van der Waals surface area contributed by atoms with E-state index in [1.165, 1.54) is 0 Å². The van der Waals surface area contributed by atoms with Gasteiger partial charge in [0.15, 0.2) is 0 Å². The van der Waals surface area contributed by atoms with Gasteiger partial charge >= 0.3 is 11.9 Å². The predicted octanol–water partition coefficient (Wildman–Crippen LogP) is 3.02. The molecule has 0 spiro atoms. The molecule has 0 radical (unpaired) electrons. The van der Waals surface area contributed by atoms with E-state index in [4.69, 9.17) is 20.4 Å². The van der Waals surface area contributed by atoms with E-state index < -0.39 is 29.9 Å². The number of carbonyl (C=O) groups is 3. The highest BCUT2D eigenvalue weighted by molar-refractivity contribution is 6.40. The van der Waals surface area contributed by atoms with E-state index in [0.717, 1.165) is 16.7 Å². The normalized spacial score (nSPS) is 11.2. The summed E-state index contributed by atoms with van der Waals surface area (Å²) in [5.41, 5.74) is 3.10. The van der Waals surface area contributed by atoms with E-state index in [0.29, 0.717) is 11.1 Å². The lowest BCUT2D eigenvalue weighted by molar-refractivity contribution is -0.131. The number of benzene rings is 2. The van der Waals surface area contributed by atoms with Crippen molar-refractivity contribution in [1.82, 2.24) is 0 Å². The van der Waals surface area contributed by atoms with Crippen molar-refractivity contribution >= 4 is 17.7 Å². The fourth-order valence-electron chi connectivity index (χ4n) is 2.47. The third-order valence-corrected chi connectivity index (χ3v) is 3.62. The highest BCUT2D eigenvalue weighted by Crippen LogP contribution is 2.16. The van der Waals surface area contributed by atoms with Crippen LogP contribution in [-0.2, 0) is 4.79 Å². The van der Waals surface area contributed by atoms with Gasteiger partial charge in [-0.05, 0) is 57.9 Å². The number of rotatable bonds is 3. The van der Waals surface area contributed by atoms with Crippen molar-refractivity contribution in [3.05, 3.63) is 70.3 Å². The molecule has 0 aliphatic heterocycles. The van der Waals surface area contributed by atoms with Crippen LogP contribution in [0.3, 0.4) is 0 Å². The number of aliphatic carboxylic acids is 1. The Bertz CT molecular complexity index is 914. The molecule has 31 heavy (non-hydrogen) atoms. The van der Waals surface area contributed by atoms with Crippen LogP contribution >= 0.6 is 0 Å². The smallest absolute Gasteiger partial charge is 0.377 e. The summed E-state index contributed by atoms with van der Waals surface area (Å²) in [5, 5.41) is 34.0. The summed E-state index contributed by atoms with van der Waals surface area (Å²) in [7, 11) is 0. The number of aliphatic hydroxyl groups excluding tert-OH is 2. The van der Waals surface area contributed by atoms with Gasteiger partial charge < -0.3 is 20.4 Å². The number of carboxylic acid groups (broad SMARTS) is 2. The maximum Gasteiger partial charge on any atom is 0.377 e. The molecule has 2 aromatic rings. The van der Waals surface area contributed by atoms with Gasteiger partial charge in [0.1, 0.15) is 12.2 Å². The van der Waals surface area contributed by atoms with E-state index in [1.54, 1.807) is 58.0 Å². The van der Waals surface area contributed by atoms with Gasteiger partial charge in [0.25, 0.3) is 5.78 Å². The van der Waals surface area contributed by atoms with Crippen molar-refractivity contribution < 1.29 is 34.8 Å². The number of hydrogen-bond donors (Lipinski definition) is 4. The lowest BCUT2D eigenvalue weighted by atomic mass is 9.97. The van der Waals surface area contributed by atoms with E-state index in [2.05, 4.69) is 11.8 Å². The zero-order valence-corrected chi connectivity index (χ0v) is 18.2. The van der Waals surface area contributed by atoms with Gasteiger partial charge in [-0.15, -0.1) is 0 Å². The second kappa shape index (κ2) is 13.7. The van der Waals surface area contributed by atoms with Crippen LogP contribution in [0.25, 0.3) is 0 Å². The molecule has 2 atom stereocenters. The molecule has 0 saturated heterocycles. The van der Waals surface area contributed by atoms with Crippen molar-refractivity contribution in [2.75, 3.05) is 0 Å². The molecular formula is C24H28O7. The minimum absolute atomic E-state index is 0.308. The average molecular weight is 428 g/mol. The summed E-state index contributed by atoms with van der Waals surface area (Å²) < 4.78 is 0. The van der Waals surface area contributed by atoms with Crippen molar-refractivity contribution in [1.29, 1.82) is 0 Å². The van der Waals surface area contributed by atoms with Crippen molar-refractivity contribution in [2.45, 2.75) is 46.8 Å². The quantitative estimate of drug-likeness (QED) is 0.336. The van der Waals surface area contributed by atoms with Gasteiger partial charge in [-0.2, -0.15) is 0 Å². The number of aliphatic hydroxyl groups is 2. The first kappa shape index (κ1) is 27.5. The van der Waals surface area contributed by atoms with Gasteiger partial charge in [0.2, 0.25) is 0 Å². The summed E-state index contributed by atoms with van der Waals surface area (Å²) in [4.78, 5) is 32.0. The standard InChI is InChI=1S/C11H12O3.C7H6O2.C6H10O2/c1-6-4-7(2)9(8(3)5-6)10(12)11(13)14;8-7(9)6-4-2-1-3-5-6;1-5(7)3-4-6(2)8/h4-5H,1-3H3,(H,13,14);1-5H,(H,8,9);5-8H,1-2H3. The minimum atomic E-state index is -1.40. The number of hydrogen-bond acceptors (Lipinski definition) is 5. The predicted molar refractivity (Wildman–Crippen MR) is 117 cm³/mol. The van der Waals surface area contributed by atoms with Gasteiger partial charge in [-0.3, -0.25) is 4.79 Å². The van der Waals surface area contributed by atoms with Crippen molar-refractivity contribution in [3.8, 4) is 11.8 Å². The lowest BCUT2D eigenvalue weighted by Gasteiger charge is -2.07. The number of ketones is 1. The summed E-state index contributed by atoms with van der Waals surface area (Å²) >= 11 is 0. The highest BCUT2D eigenvalue weighted by Gasteiger charge is 2.19. The molecule has 2 aromatic carbocycles. The number of Topliss-reactive ketones (excluding diaryl/α,β-unsaturated/α-hetero) is 1. The van der Waals surface area contributed by atoms with Gasteiger partial charge in [-0.1, -0.05) is 47.7 Å². The molecule has 7 heteroatoms. The number of carboxylic acids is 2. The lowest BCUT2D eigenvalue weighted by Crippen LogP contribution is -2.15. The van der Waals surface area contributed by atoms with Crippen molar-refractivity contribution in [3.63, 3.8) is 0 Å². The molecule has 7 nitrogen and oxygen atoms in total. The average Bonchev–Trinajstić information content (AvgIpc) is 2.67. The second-order valence-corrected chi connectivity index (χ2v) is 6.72. The van der Waals surface area contributed by atoms with Crippen LogP contribution in [0, 0.1) is 32.6 Å². The summed E-state index contributed by atoms with van der Waals surface area (Å²) in [6.07, 6.45) is -1.27. The van der Waals surface area contributed by atoms with Gasteiger partial charge in [-0.25, -0.2) is 9.59 Å². The molecular weight excluding hydrogens is 400 g/mol. The molecule has 0 heterocycles. The van der Waals surface area contributed by atoms with E-state index in [1.807, 2.05) is 19.1 Å². The minimum Gasteiger partial charge on any atom is -0.478 e. The van der Waals surface area contributed by atoms with Gasteiger partial charge in [0, 0.05) is 5.56 Å². The van der Waals surface area contributed by atoms with Crippen LogP contribution in [0.5, 0.6) is 0 Å². The Labute approximate surface area is 182 Å². The first-order valence-electron chi connectivity index (χ1n) is 9.37. The topological polar surface area (TPSA) is 132 Å². The van der Waals surface area contributed by atoms with Crippen LogP contribution in [0.1, 0.15) is 51.3 Å². The third-order valence-electron chi connectivity index (χ3n) is 3.62. The van der Waals surface area contributed by atoms with E-state index >= 15 is 0 Å². The molecule has 0 bridgehead atoms. The Morgan fingerprint density at radius 1 is 0.806 bits per heavy atom. The Morgan fingerprint density at radius 3 is 1.52 bits per heavy atom. The Morgan fingerprint density at radius 2 is 1.23 bits per heavy atom. The molecule has 0 amide bonds. The Kier molecular flexibility index (Phi) is 12.2.